The van der Waals surface area contributed by atoms with E-state index in [-0.39, 0.29) is 24.3 Å². The summed E-state index contributed by atoms with van der Waals surface area (Å²) in [5.74, 6) is -3.72. The Labute approximate surface area is 182 Å². The van der Waals surface area contributed by atoms with Crippen molar-refractivity contribution in [2.24, 2.45) is 0 Å². The van der Waals surface area contributed by atoms with Crippen LogP contribution in [0.5, 0.6) is 0 Å². The second kappa shape index (κ2) is 7.92. The molecule has 3 aromatic rings. The molecule has 0 atom stereocenters. The van der Waals surface area contributed by atoms with Crippen molar-refractivity contribution in [3.63, 3.8) is 0 Å². The molecule has 32 heavy (non-hydrogen) atoms. The minimum Gasteiger partial charge on any atom is -0.380 e. The maximum Gasteiger partial charge on any atom is 0.286 e. The quantitative estimate of drug-likeness (QED) is 0.564. The lowest BCUT2D eigenvalue weighted by atomic mass is 9.90. The summed E-state index contributed by atoms with van der Waals surface area (Å²) in [6.45, 7) is 2.66. The van der Waals surface area contributed by atoms with Crippen LogP contribution in [0.25, 0.3) is 11.1 Å². The number of nitrogens with zero attached hydrogens (tertiary/aromatic N) is 1. The zero-order valence-electron chi connectivity index (χ0n) is 17.4. The number of aliphatic hydroxyl groups is 1. The van der Waals surface area contributed by atoms with Crippen LogP contribution in [0.3, 0.4) is 0 Å². The highest BCUT2D eigenvalue weighted by Gasteiger charge is 2.40. The average Bonchev–Trinajstić information content (AvgIpc) is 2.73. The Bertz CT molecular complexity index is 1250. The van der Waals surface area contributed by atoms with Crippen LogP contribution < -0.4 is 10.9 Å². The summed E-state index contributed by atoms with van der Waals surface area (Å²) in [5, 5.41) is 13.2. The lowest BCUT2D eigenvalue weighted by Gasteiger charge is -2.36. The fourth-order valence-corrected chi connectivity index (χ4v) is 3.46. The minimum atomic E-state index is -3.16. The first kappa shape index (κ1) is 21.8. The number of ether oxygens (including phenoxy) is 1. The Kier molecular flexibility index (Phi) is 5.39. The fraction of sp³-hybridized carbons (Fsp3) is 0.261. The number of amides is 1. The molecule has 1 amide bonds. The molecule has 0 spiro atoms. The average molecular weight is 441 g/mol. The summed E-state index contributed by atoms with van der Waals surface area (Å²) in [7, 11) is 0. The van der Waals surface area contributed by atoms with Crippen LogP contribution in [-0.2, 0) is 16.3 Å². The van der Waals surface area contributed by atoms with Gasteiger partial charge in [0.05, 0.1) is 18.8 Å². The van der Waals surface area contributed by atoms with Crippen LogP contribution in [0.15, 0.2) is 53.6 Å². The molecular formula is C23H21F2N3O4. The van der Waals surface area contributed by atoms with Gasteiger partial charge < -0.3 is 20.1 Å². The van der Waals surface area contributed by atoms with Crippen molar-refractivity contribution < 1.29 is 23.4 Å². The molecule has 0 aliphatic carbocycles. The summed E-state index contributed by atoms with van der Waals surface area (Å²) in [6, 6.07) is 9.20. The van der Waals surface area contributed by atoms with Gasteiger partial charge in [-0.15, -0.1) is 0 Å². The maximum absolute atomic E-state index is 13.5. The molecule has 1 fully saturated rings. The lowest BCUT2D eigenvalue weighted by Crippen LogP contribution is -2.49. The highest BCUT2D eigenvalue weighted by atomic mass is 19.3. The van der Waals surface area contributed by atoms with Gasteiger partial charge in [-0.3, -0.25) is 14.6 Å². The number of aromatic nitrogens is 2. The van der Waals surface area contributed by atoms with Crippen LogP contribution in [0.4, 0.5) is 14.5 Å². The number of carbonyl (C=O) groups is 1. The Morgan fingerprint density at radius 1 is 1.25 bits per heavy atom. The summed E-state index contributed by atoms with van der Waals surface area (Å²) in [6.07, 6.45) is 2.69. The van der Waals surface area contributed by atoms with Gasteiger partial charge in [0.1, 0.15) is 11.3 Å². The van der Waals surface area contributed by atoms with Crippen LogP contribution in [0.2, 0.25) is 0 Å². The van der Waals surface area contributed by atoms with Gasteiger partial charge in [-0.2, -0.15) is 8.78 Å². The van der Waals surface area contributed by atoms with Crippen molar-refractivity contribution in [1.82, 2.24) is 9.97 Å². The number of carbonyl (C=O) groups excluding carboxylic acids is 1. The SMILES string of the molecule is Cc1ccc(NC(=O)c2ccnc(C(C)(F)F)c2)cc1-c1c[nH]c(=O)c(C2(O)COC2)c1. The second-order valence-corrected chi connectivity index (χ2v) is 7.96. The number of benzene rings is 1. The fourth-order valence-electron chi connectivity index (χ4n) is 3.46. The zero-order valence-corrected chi connectivity index (χ0v) is 17.4. The summed E-state index contributed by atoms with van der Waals surface area (Å²) in [4.78, 5) is 31.1. The van der Waals surface area contributed by atoms with Gasteiger partial charge in [-0.05, 0) is 53.9 Å². The third-order valence-electron chi connectivity index (χ3n) is 5.36. The van der Waals surface area contributed by atoms with E-state index in [1.807, 2.05) is 6.92 Å². The molecular weight excluding hydrogens is 420 g/mol. The highest BCUT2D eigenvalue weighted by molar-refractivity contribution is 6.04. The molecule has 166 valence electrons. The predicted molar refractivity (Wildman–Crippen MR) is 114 cm³/mol. The molecule has 3 heterocycles. The number of hydrogen-bond acceptors (Lipinski definition) is 5. The van der Waals surface area contributed by atoms with Gasteiger partial charge in [0, 0.05) is 30.6 Å². The van der Waals surface area contributed by atoms with Crippen molar-refractivity contribution >= 4 is 11.6 Å². The number of aryl methyl sites for hydroxylation is 1. The normalized spacial score (nSPS) is 15.2. The molecule has 0 saturated carbocycles. The van der Waals surface area contributed by atoms with E-state index in [0.29, 0.717) is 18.2 Å². The molecule has 4 rings (SSSR count). The van der Waals surface area contributed by atoms with E-state index in [1.54, 1.807) is 24.3 Å². The van der Waals surface area contributed by atoms with E-state index in [9.17, 15) is 23.5 Å². The lowest BCUT2D eigenvalue weighted by molar-refractivity contribution is -0.185. The summed E-state index contributed by atoms with van der Waals surface area (Å²) in [5.41, 5.74) is 0.715. The van der Waals surface area contributed by atoms with Crippen LogP contribution in [-0.4, -0.2) is 34.2 Å². The molecule has 7 nitrogen and oxygen atoms in total. The first-order chi connectivity index (χ1) is 15.1. The van der Waals surface area contributed by atoms with E-state index < -0.39 is 28.7 Å². The predicted octanol–water partition coefficient (Wildman–Crippen LogP) is 3.33. The zero-order chi connectivity index (χ0) is 23.1. The maximum atomic E-state index is 13.5. The molecule has 1 saturated heterocycles. The largest absolute Gasteiger partial charge is 0.380 e. The third-order valence-corrected chi connectivity index (χ3v) is 5.36. The van der Waals surface area contributed by atoms with Crippen molar-refractivity contribution in [2.45, 2.75) is 25.4 Å². The standard InChI is InChI=1S/C23H21F2N3O4/c1-13-3-4-16(28-20(29)14-5-6-26-19(8-14)22(2,24)25)9-17(13)15-7-18(21(30)27-10-15)23(31)11-32-12-23/h3-10,31H,11-12H2,1-2H3,(H,27,30)(H,28,29). The van der Waals surface area contributed by atoms with E-state index in [4.69, 9.17) is 4.74 Å². The van der Waals surface area contributed by atoms with Gasteiger partial charge >= 0.3 is 0 Å². The van der Waals surface area contributed by atoms with Crippen molar-refractivity contribution in [2.75, 3.05) is 18.5 Å². The molecule has 1 aliphatic rings. The topological polar surface area (TPSA) is 104 Å². The van der Waals surface area contributed by atoms with E-state index in [1.165, 1.54) is 18.5 Å². The Morgan fingerprint density at radius 2 is 2.00 bits per heavy atom. The molecule has 0 radical (unpaired) electrons. The first-order valence-corrected chi connectivity index (χ1v) is 9.87. The van der Waals surface area contributed by atoms with Crippen molar-refractivity contribution in [3.05, 3.63) is 81.5 Å². The van der Waals surface area contributed by atoms with Gasteiger partial charge in [0.25, 0.3) is 17.4 Å². The molecule has 2 aromatic heterocycles. The molecule has 1 aliphatic heterocycles. The summed E-state index contributed by atoms with van der Waals surface area (Å²) >= 11 is 0. The molecule has 0 unspecified atom stereocenters. The molecule has 3 N–H and O–H groups in total. The smallest absolute Gasteiger partial charge is 0.286 e. The van der Waals surface area contributed by atoms with Gasteiger partial charge in [0.15, 0.2) is 0 Å². The number of pyridine rings is 2. The Morgan fingerprint density at radius 3 is 2.66 bits per heavy atom. The number of hydrogen-bond donors (Lipinski definition) is 3. The second-order valence-electron chi connectivity index (χ2n) is 7.96. The van der Waals surface area contributed by atoms with E-state index in [2.05, 4.69) is 15.3 Å². The minimum absolute atomic E-state index is 0.0410. The van der Waals surface area contributed by atoms with Gasteiger partial charge in [0.2, 0.25) is 0 Å². The molecule has 0 bridgehead atoms. The highest BCUT2D eigenvalue weighted by Crippen LogP contribution is 2.32. The number of halogens is 2. The Hall–Kier alpha value is -3.43. The first-order valence-electron chi connectivity index (χ1n) is 9.87. The number of aromatic amines is 1. The molecule has 1 aromatic carbocycles. The van der Waals surface area contributed by atoms with E-state index in [0.717, 1.165) is 17.2 Å². The van der Waals surface area contributed by atoms with Gasteiger partial charge in [-0.25, -0.2) is 0 Å². The molecule has 9 heteroatoms. The Balaban J connectivity index is 1.64. The van der Waals surface area contributed by atoms with E-state index >= 15 is 0 Å². The number of nitrogens with one attached hydrogen (secondary N) is 2. The number of anilines is 1. The summed E-state index contributed by atoms with van der Waals surface area (Å²) < 4.78 is 32.1. The van der Waals surface area contributed by atoms with Crippen molar-refractivity contribution in [1.29, 1.82) is 0 Å². The van der Waals surface area contributed by atoms with Crippen LogP contribution in [0.1, 0.15) is 34.1 Å². The number of H-pyrrole nitrogens is 1. The van der Waals surface area contributed by atoms with Crippen LogP contribution >= 0.6 is 0 Å². The van der Waals surface area contributed by atoms with Gasteiger partial charge in [-0.1, -0.05) is 6.07 Å². The number of alkyl halides is 2. The third kappa shape index (κ3) is 4.17. The monoisotopic (exact) mass is 441 g/mol. The van der Waals surface area contributed by atoms with Crippen LogP contribution in [0, 0.1) is 6.92 Å². The number of rotatable bonds is 5. The van der Waals surface area contributed by atoms with Crippen molar-refractivity contribution in [3.8, 4) is 11.1 Å².